The smallest absolute Gasteiger partial charge is 0.222 e. The summed E-state index contributed by atoms with van der Waals surface area (Å²) in [6, 6.07) is 8.19. The molecular weight excluding hydrogens is 226 g/mol. The predicted molar refractivity (Wildman–Crippen MR) is 75.5 cm³/mol. The third kappa shape index (κ3) is 4.37. The summed E-state index contributed by atoms with van der Waals surface area (Å²) in [6.07, 6.45) is 1.45. The average molecular weight is 249 g/mol. The molecule has 0 radical (unpaired) electrons. The molecule has 0 spiro atoms. The summed E-state index contributed by atoms with van der Waals surface area (Å²) in [4.78, 5) is 15.2. The Morgan fingerprint density at radius 1 is 1.28 bits per heavy atom. The molecule has 1 rings (SSSR count). The highest BCUT2D eigenvalue weighted by atomic mass is 16.2. The van der Waals surface area contributed by atoms with Gasteiger partial charge in [-0.3, -0.25) is 4.79 Å². The van der Waals surface area contributed by atoms with Crippen molar-refractivity contribution in [1.29, 1.82) is 0 Å². The molecule has 0 fully saturated rings. The molecule has 0 aliphatic carbocycles. The van der Waals surface area contributed by atoms with Crippen molar-refractivity contribution in [3.8, 4) is 0 Å². The van der Waals surface area contributed by atoms with Gasteiger partial charge in [0.1, 0.15) is 0 Å². The van der Waals surface area contributed by atoms with Gasteiger partial charge in [-0.15, -0.1) is 0 Å². The molecule has 0 heterocycles. The maximum Gasteiger partial charge on any atom is 0.222 e. The average Bonchev–Trinajstić information content (AvgIpc) is 2.38. The van der Waals surface area contributed by atoms with E-state index in [2.05, 4.69) is 17.0 Å². The Balaban J connectivity index is 2.45. The molecule has 1 aromatic carbocycles. The van der Waals surface area contributed by atoms with E-state index in [0.29, 0.717) is 13.0 Å². The number of rotatable bonds is 6. The predicted octanol–water partition coefficient (Wildman–Crippen LogP) is 1.45. The van der Waals surface area contributed by atoms with E-state index in [1.165, 1.54) is 0 Å². The molecule has 18 heavy (non-hydrogen) atoms. The van der Waals surface area contributed by atoms with Gasteiger partial charge in [0.05, 0.1) is 0 Å². The lowest BCUT2D eigenvalue weighted by molar-refractivity contribution is -0.128. The Bertz CT molecular complexity index is 390. The van der Waals surface area contributed by atoms with Crippen molar-refractivity contribution >= 4 is 11.6 Å². The molecule has 0 unspecified atom stereocenters. The number of hydrogen-bond donors (Lipinski definition) is 1. The molecule has 1 aromatic rings. The van der Waals surface area contributed by atoms with Crippen LogP contribution in [-0.4, -0.2) is 38.5 Å². The number of carbonyl (C=O) groups is 1. The van der Waals surface area contributed by atoms with E-state index in [0.717, 1.165) is 24.2 Å². The van der Waals surface area contributed by atoms with E-state index >= 15 is 0 Å². The van der Waals surface area contributed by atoms with Crippen molar-refractivity contribution < 1.29 is 4.79 Å². The Hall–Kier alpha value is -1.55. The number of anilines is 1. The highest BCUT2D eigenvalue weighted by molar-refractivity contribution is 5.75. The van der Waals surface area contributed by atoms with Gasteiger partial charge < -0.3 is 15.5 Å². The van der Waals surface area contributed by atoms with Crippen LogP contribution in [0.3, 0.4) is 0 Å². The highest BCUT2D eigenvalue weighted by Gasteiger charge is 2.06. The van der Waals surface area contributed by atoms with Crippen LogP contribution in [0.1, 0.15) is 18.4 Å². The van der Waals surface area contributed by atoms with E-state index in [9.17, 15) is 4.79 Å². The number of nitrogens with zero attached hydrogens (tertiary/aromatic N) is 2. The Labute approximate surface area is 109 Å². The summed E-state index contributed by atoms with van der Waals surface area (Å²) in [5.41, 5.74) is 7.90. The van der Waals surface area contributed by atoms with Crippen molar-refractivity contribution in [2.75, 3.05) is 32.6 Å². The van der Waals surface area contributed by atoms with Crippen LogP contribution >= 0.6 is 0 Å². The van der Waals surface area contributed by atoms with Crippen LogP contribution in [0.15, 0.2) is 24.3 Å². The molecule has 4 heteroatoms. The number of carbonyl (C=O) groups excluding carboxylic acids is 1. The summed E-state index contributed by atoms with van der Waals surface area (Å²) in [5.74, 6) is 0.180. The first-order valence-electron chi connectivity index (χ1n) is 6.25. The molecule has 0 saturated carbocycles. The van der Waals surface area contributed by atoms with Gasteiger partial charge in [0.2, 0.25) is 5.91 Å². The maximum absolute atomic E-state index is 11.5. The number of amides is 1. The van der Waals surface area contributed by atoms with E-state index in [-0.39, 0.29) is 5.91 Å². The van der Waals surface area contributed by atoms with Crippen molar-refractivity contribution in [3.05, 3.63) is 29.8 Å². The zero-order valence-corrected chi connectivity index (χ0v) is 11.5. The summed E-state index contributed by atoms with van der Waals surface area (Å²) < 4.78 is 0. The summed E-state index contributed by atoms with van der Waals surface area (Å²) in [6.45, 7) is 1.43. The lowest BCUT2D eigenvalue weighted by Crippen LogP contribution is -2.24. The number of benzene rings is 1. The second kappa shape index (κ2) is 7.01. The van der Waals surface area contributed by atoms with Crippen LogP contribution in [-0.2, 0) is 11.3 Å². The molecule has 1 amide bonds. The van der Waals surface area contributed by atoms with E-state index in [1.54, 1.807) is 19.0 Å². The Morgan fingerprint density at radius 2 is 2.00 bits per heavy atom. The van der Waals surface area contributed by atoms with Crippen molar-refractivity contribution in [1.82, 2.24) is 4.90 Å². The van der Waals surface area contributed by atoms with Gasteiger partial charge in [-0.25, -0.2) is 0 Å². The standard InChI is InChI=1S/C14H23N3O/c1-16(2)14(18)8-5-9-17(3)13-7-4-6-12(10-13)11-15/h4,6-7,10H,5,8-9,11,15H2,1-3H3. The molecule has 0 bridgehead atoms. The zero-order chi connectivity index (χ0) is 13.5. The van der Waals surface area contributed by atoms with Crippen LogP contribution in [0.25, 0.3) is 0 Å². The summed E-state index contributed by atoms with van der Waals surface area (Å²) in [5, 5.41) is 0. The first-order chi connectivity index (χ1) is 8.54. The van der Waals surface area contributed by atoms with Crippen molar-refractivity contribution in [2.24, 2.45) is 5.73 Å². The minimum Gasteiger partial charge on any atom is -0.375 e. The first-order valence-corrected chi connectivity index (χ1v) is 6.25. The maximum atomic E-state index is 11.5. The van der Waals surface area contributed by atoms with Gasteiger partial charge in [-0.05, 0) is 24.1 Å². The highest BCUT2D eigenvalue weighted by Crippen LogP contribution is 2.15. The molecule has 0 aromatic heterocycles. The van der Waals surface area contributed by atoms with Gasteiger partial charge in [0.15, 0.2) is 0 Å². The van der Waals surface area contributed by atoms with Gasteiger partial charge in [0.25, 0.3) is 0 Å². The van der Waals surface area contributed by atoms with Gasteiger partial charge in [0, 0.05) is 46.3 Å². The minimum atomic E-state index is 0.180. The third-order valence-corrected chi connectivity index (χ3v) is 2.97. The van der Waals surface area contributed by atoms with Gasteiger partial charge in [-0.1, -0.05) is 12.1 Å². The molecule has 0 aliphatic rings. The van der Waals surface area contributed by atoms with Crippen molar-refractivity contribution in [2.45, 2.75) is 19.4 Å². The van der Waals surface area contributed by atoms with Crippen LogP contribution in [0.2, 0.25) is 0 Å². The molecule has 0 atom stereocenters. The minimum absolute atomic E-state index is 0.180. The van der Waals surface area contributed by atoms with Crippen LogP contribution in [0, 0.1) is 0 Å². The van der Waals surface area contributed by atoms with Crippen LogP contribution in [0.5, 0.6) is 0 Å². The monoisotopic (exact) mass is 249 g/mol. The Morgan fingerprint density at radius 3 is 2.61 bits per heavy atom. The fourth-order valence-electron chi connectivity index (χ4n) is 1.74. The molecular formula is C14H23N3O. The van der Waals surface area contributed by atoms with Crippen molar-refractivity contribution in [3.63, 3.8) is 0 Å². The molecule has 100 valence electrons. The summed E-state index contributed by atoms with van der Waals surface area (Å²) in [7, 11) is 5.61. The van der Waals surface area contributed by atoms with E-state index in [1.807, 2.05) is 19.2 Å². The van der Waals surface area contributed by atoms with Crippen LogP contribution in [0.4, 0.5) is 5.69 Å². The second-order valence-corrected chi connectivity index (χ2v) is 4.69. The van der Waals surface area contributed by atoms with Gasteiger partial charge in [-0.2, -0.15) is 0 Å². The SMILES string of the molecule is CN(C)C(=O)CCCN(C)c1cccc(CN)c1. The first kappa shape index (κ1) is 14.5. The van der Waals surface area contributed by atoms with Crippen LogP contribution < -0.4 is 10.6 Å². The lowest BCUT2D eigenvalue weighted by atomic mass is 10.2. The quantitative estimate of drug-likeness (QED) is 0.830. The topological polar surface area (TPSA) is 49.6 Å². The summed E-state index contributed by atoms with van der Waals surface area (Å²) >= 11 is 0. The molecule has 0 aliphatic heterocycles. The molecule has 2 N–H and O–H groups in total. The normalized spacial score (nSPS) is 10.2. The largest absolute Gasteiger partial charge is 0.375 e. The van der Waals surface area contributed by atoms with E-state index in [4.69, 9.17) is 5.73 Å². The fraction of sp³-hybridized carbons (Fsp3) is 0.500. The second-order valence-electron chi connectivity index (χ2n) is 4.69. The van der Waals surface area contributed by atoms with Gasteiger partial charge >= 0.3 is 0 Å². The molecule has 0 saturated heterocycles. The third-order valence-electron chi connectivity index (χ3n) is 2.97. The molecule has 4 nitrogen and oxygen atoms in total. The van der Waals surface area contributed by atoms with E-state index < -0.39 is 0 Å². The number of hydrogen-bond acceptors (Lipinski definition) is 3. The Kier molecular flexibility index (Phi) is 5.65. The fourth-order valence-corrected chi connectivity index (χ4v) is 1.74. The number of nitrogens with two attached hydrogens (primary N) is 1. The lowest BCUT2D eigenvalue weighted by Gasteiger charge is -2.20. The zero-order valence-electron chi connectivity index (χ0n) is 11.5.